The molecule has 2 N–H and O–H groups in total. The van der Waals surface area contributed by atoms with Gasteiger partial charge in [0.05, 0.1) is 6.54 Å². The van der Waals surface area contributed by atoms with Gasteiger partial charge in [-0.1, -0.05) is 0 Å². The minimum atomic E-state index is -4.14. The van der Waals surface area contributed by atoms with Gasteiger partial charge < -0.3 is 10.6 Å². The number of nitrogens with one attached hydrogen (secondary N) is 2. The van der Waals surface area contributed by atoms with E-state index in [2.05, 4.69) is 15.6 Å². The van der Waals surface area contributed by atoms with E-state index in [0.717, 1.165) is 0 Å². The van der Waals surface area contributed by atoms with E-state index in [1.54, 1.807) is 18.4 Å². The Morgan fingerprint density at radius 3 is 2.64 bits per heavy atom. The van der Waals surface area contributed by atoms with Crippen LogP contribution < -0.4 is 10.6 Å². The van der Waals surface area contributed by atoms with Gasteiger partial charge >= 0.3 is 6.18 Å². The summed E-state index contributed by atoms with van der Waals surface area (Å²) in [6, 6.07) is 2.02. The molecule has 0 bridgehead atoms. The molecule has 0 saturated heterocycles. The van der Waals surface area contributed by atoms with Crippen molar-refractivity contribution >= 4 is 41.3 Å². The first-order chi connectivity index (χ1) is 9.90. The Hall–Kier alpha value is -0.550. The van der Waals surface area contributed by atoms with Crippen LogP contribution in [0.2, 0.25) is 0 Å². The fourth-order valence-corrected chi connectivity index (χ4v) is 2.41. The summed E-state index contributed by atoms with van der Waals surface area (Å²) < 4.78 is 36.4. The average Bonchev–Trinajstić information content (AvgIpc) is 2.89. The number of guanidine groups is 1. The number of rotatable bonds is 7. The zero-order valence-corrected chi connectivity index (χ0v) is 15.8. The van der Waals surface area contributed by atoms with Crippen molar-refractivity contribution in [3.8, 4) is 0 Å². The van der Waals surface area contributed by atoms with Crippen LogP contribution in [0.15, 0.2) is 21.8 Å². The zero-order chi connectivity index (χ0) is 15.7. The smallest absolute Gasteiger partial charge is 0.356 e. The molecule has 1 aromatic heterocycles. The Kier molecular flexibility index (Phi) is 10.8. The highest BCUT2D eigenvalue weighted by atomic mass is 127. The van der Waals surface area contributed by atoms with E-state index in [1.807, 2.05) is 16.8 Å². The molecule has 0 unspecified atom stereocenters. The highest BCUT2D eigenvalue weighted by Gasteiger charge is 2.28. The largest absolute Gasteiger partial charge is 0.401 e. The zero-order valence-electron chi connectivity index (χ0n) is 12.6. The summed E-state index contributed by atoms with van der Waals surface area (Å²) >= 11 is 1.63. The molecule has 1 aromatic rings. The number of hydrogen-bond donors (Lipinski definition) is 2. The number of nitrogens with zero attached hydrogens (tertiary/aromatic N) is 2. The van der Waals surface area contributed by atoms with Gasteiger partial charge in [0.1, 0.15) is 0 Å². The van der Waals surface area contributed by atoms with Crippen molar-refractivity contribution in [1.82, 2.24) is 15.5 Å². The van der Waals surface area contributed by atoms with Crippen LogP contribution in [0.3, 0.4) is 0 Å². The van der Waals surface area contributed by atoms with E-state index < -0.39 is 12.7 Å². The average molecular weight is 450 g/mol. The lowest BCUT2D eigenvalue weighted by molar-refractivity contribution is -0.143. The van der Waals surface area contributed by atoms with Gasteiger partial charge in [-0.25, -0.2) is 0 Å². The van der Waals surface area contributed by atoms with Gasteiger partial charge in [-0.15, -0.1) is 24.0 Å². The van der Waals surface area contributed by atoms with E-state index in [9.17, 15) is 13.2 Å². The molecule has 4 nitrogen and oxygen atoms in total. The van der Waals surface area contributed by atoms with Gasteiger partial charge in [0, 0.05) is 20.1 Å². The molecule has 0 aliphatic heterocycles. The third-order valence-corrected chi connectivity index (χ3v) is 3.45. The second-order valence-electron chi connectivity index (χ2n) is 4.69. The lowest BCUT2D eigenvalue weighted by atomic mass is 10.3. The van der Waals surface area contributed by atoms with Gasteiger partial charge in [-0.3, -0.25) is 9.89 Å². The van der Waals surface area contributed by atoms with Crippen LogP contribution >= 0.6 is 35.3 Å². The molecule has 0 aliphatic rings. The Labute approximate surface area is 150 Å². The normalized spacial score (nSPS) is 12.2. The van der Waals surface area contributed by atoms with Crippen molar-refractivity contribution < 1.29 is 13.2 Å². The molecule has 0 fully saturated rings. The summed E-state index contributed by atoms with van der Waals surface area (Å²) in [6.07, 6.45) is -3.52. The molecule has 128 valence electrons. The molecule has 0 saturated carbocycles. The van der Waals surface area contributed by atoms with E-state index >= 15 is 0 Å². The van der Waals surface area contributed by atoms with Crippen LogP contribution in [-0.4, -0.2) is 50.8 Å². The third kappa shape index (κ3) is 10.2. The van der Waals surface area contributed by atoms with E-state index in [0.29, 0.717) is 32.0 Å². The second kappa shape index (κ2) is 11.1. The SMILES string of the molecule is CN=C(NCCCN(C)CC(F)(F)F)NCc1ccsc1.I. The Balaban J connectivity index is 0.00000441. The summed E-state index contributed by atoms with van der Waals surface area (Å²) in [7, 11) is 3.13. The maximum absolute atomic E-state index is 12.1. The molecule has 0 aliphatic carbocycles. The van der Waals surface area contributed by atoms with E-state index in [4.69, 9.17) is 0 Å². The Bertz CT molecular complexity index is 423. The quantitative estimate of drug-likeness (QED) is 0.291. The van der Waals surface area contributed by atoms with Gasteiger partial charge in [-0.05, 0) is 42.4 Å². The maximum Gasteiger partial charge on any atom is 0.401 e. The van der Waals surface area contributed by atoms with Crippen LogP contribution in [0.25, 0.3) is 0 Å². The number of halogens is 4. The highest BCUT2D eigenvalue weighted by molar-refractivity contribution is 14.0. The first-order valence-electron chi connectivity index (χ1n) is 6.61. The molecule has 1 rings (SSSR count). The fraction of sp³-hybridized carbons (Fsp3) is 0.615. The van der Waals surface area contributed by atoms with Gasteiger partial charge in [0.15, 0.2) is 5.96 Å². The number of thiophene rings is 1. The highest BCUT2D eigenvalue weighted by Crippen LogP contribution is 2.15. The molecule has 22 heavy (non-hydrogen) atoms. The number of hydrogen-bond acceptors (Lipinski definition) is 3. The molecular formula is C13H22F3IN4S. The summed E-state index contributed by atoms with van der Waals surface area (Å²) in [5, 5.41) is 10.3. The molecule has 0 amide bonds. The van der Waals surface area contributed by atoms with Crippen LogP contribution in [0.1, 0.15) is 12.0 Å². The van der Waals surface area contributed by atoms with E-state index in [1.165, 1.54) is 17.5 Å². The first-order valence-corrected chi connectivity index (χ1v) is 7.56. The van der Waals surface area contributed by atoms with Gasteiger partial charge in [-0.2, -0.15) is 24.5 Å². The molecule has 0 aromatic carbocycles. The molecule has 9 heteroatoms. The van der Waals surface area contributed by atoms with Crippen molar-refractivity contribution in [3.63, 3.8) is 0 Å². The van der Waals surface area contributed by atoms with Crippen LogP contribution in [0.5, 0.6) is 0 Å². The molecule has 0 atom stereocenters. The summed E-state index contributed by atoms with van der Waals surface area (Å²) in [5.41, 5.74) is 1.17. The van der Waals surface area contributed by atoms with Crippen molar-refractivity contribution in [3.05, 3.63) is 22.4 Å². The first kappa shape index (κ1) is 21.4. The van der Waals surface area contributed by atoms with Gasteiger partial charge in [0.2, 0.25) is 0 Å². The lowest BCUT2D eigenvalue weighted by Crippen LogP contribution is -2.38. The van der Waals surface area contributed by atoms with Crippen molar-refractivity contribution in [2.24, 2.45) is 4.99 Å². The lowest BCUT2D eigenvalue weighted by Gasteiger charge is -2.18. The summed E-state index contributed by atoms with van der Waals surface area (Å²) in [5.74, 6) is 0.652. The van der Waals surface area contributed by atoms with Gasteiger partial charge in [0.25, 0.3) is 0 Å². The third-order valence-electron chi connectivity index (χ3n) is 2.72. The summed E-state index contributed by atoms with van der Waals surface area (Å²) in [6.45, 7) is 0.759. The fourth-order valence-electron chi connectivity index (χ4n) is 1.74. The predicted molar refractivity (Wildman–Crippen MR) is 96.1 cm³/mol. The minimum absolute atomic E-state index is 0. The van der Waals surface area contributed by atoms with Crippen LogP contribution in [-0.2, 0) is 6.54 Å². The van der Waals surface area contributed by atoms with Crippen molar-refractivity contribution in [2.45, 2.75) is 19.1 Å². The summed E-state index contributed by atoms with van der Waals surface area (Å²) in [4.78, 5) is 5.33. The predicted octanol–water partition coefficient (Wildman–Crippen LogP) is 2.92. The molecule has 1 heterocycles. The second-order valence-corrected chi connectivity index (χ2v) is 5.47. The number of alkyl halides is 3. The maximum atomic E-state index is 12.1. The van der Waals surface area contributed by atoms with E-state index in [-0.39, 0.29) is 24.0 Å². The monoisotopic (exact) mass is 450 g/mol. The van der Waals surface area contributed by atoms with Crippen LogP contribution in [0, 0.1) is 0 Å². The van der Waals surface area contributed by atoms with Crippen LogP contribution in [0.4, 0.5) is 13.2 Å². The van der Waals surface area contributed by atoms with Crippen molar-refractivity contribution in [2.75, 3.05) is 33.7 Å². The minimum Gasteiger partial charge on any atom is -0.356 e. The Morgan fingerprint density at radius 1 is 1.36 bits per heavy atom. The standard InChI is InChI=1S/C13H21F3N4S.HI/c1-17-12(19-8-11-4-7-21-9-11)18-5-3-6-20(2)10-13(14,15)16;/h4,7,9H,3,5-6,8,10H2,1-2H3,(H2,17,18,19);1H. The topological polar surface area (TPSA) is 39.7 Å². The number of aliphatic imine (C=N–C) groups is 1. The van der Waals surface area contributed by atoms with Crippen molar-refractivity contribution in [1.29, 1.82) is 0 Å². The Morgan fingerprint density at radius 2 is 2.09 bits per heavy atom. The molecular weight excluding hydrogens is 428 g/mol. The molecule has 0 radical (unpaired) electrons. The molecule has 0 spiro atoms.